The maximum absolute atomic E-state index is 5.91. The molecule has 0 aliphatic rings. The Morgan fingerprint density at radius 3 is 2.62 bits per heavy atom. The fraction of sp³-hybridized carbons (Fsp3) is 0.143. The van der Waals surface area contributed by atoms with Gasteiger partial charge in [0, 0.05) is 5.75 Å². The summed E-state index contributed by atoms with van der Waals surface area (Å²) in [5.74, 6) is 1.67. The smallest absolute Gasteiger partial charge is 0.180 e. The Balaban J connectivity index is 1.63. The summed E-state index contributed by atoms with van der Waals surface area (Å²) >= 11 is 1.47. The average molecular weight is 363 g/mol. The van der Waals surface area contributed by atoms with Crippen molar-refractivity contribution in [3.8, 4) is 5.75 Å². The summed E-state index contributed by atoms with van der Waals surface area (Å²) in [6, 6.07) is 22.3. The van der Waals surface area contributed by atoms with Crippen LogP contribution in [0.25, 0.3) is 10.8 Å². The molecule has 3 rings (SSSR count). The quantitative estimate of drug-likeness (QED) is 0.388. The predicted molar refractivity (Wildman–Crippen MR) is 112 cm³/mol. The number of fused-ring (bicyclic) bond motifs is 1. The van der Waals surface area contributed by atoms with Crippen LogP contribution in [0, 0.1) is 0 Å². The Hall–Kier alpha value is -2.79. The van der Waals surface area contributed by atoms with E-state index in [2.05, 4.69) is 34.5 Å². The number of amidine groups is 1. The van der Waals surface area contributed by atoms with Gasteiger partial charge >= 0.3 is 0 Å². The van der Waals surface area contributed by atoms with Crippen LogP contribution in [-0.4, -0.2) is 18.0 Å². The maximum atomic E-state index is 5.91. The molecule has 2 N–H and O–H groups in total. The normalized spacial score (nSPS) is 12.0. The summed E-state index contributed by atoms with van der Waals surface area (Å²) in [4.78, 5) is 0. The number of thioether (sulfide) groups is 1. The van der Waals surface area contributed by atoms with Gasteiger partial charge in [0.2, 0.25) is 0 Å². The molecule has 0 unspecified atom stereocenters. The van der Waals surface area contributed by atoms with Crippen molar-refractivity contribution in [2.24, 2.45) is 15.9 Å². The van der Waals surface area contributed by atoms with E-state index in [-0.39, 0.29) is 0 Å². The first kappa shape index (κ1) is 18.0. The Kier molecular flexibility index (Phi) is 6.28. The molecule has 4 nitrogen and oxygen atoms in total. The number of nitrogens with zero attached hydrogens (tertiary/aromatic N) is 2. The first-order valence-electron chi connectivity index (χ1n) is 8.44. The van der Waals surface area contributed by atoms with Crippen molar-refractivity contribution in [1.29, 1.82) is 0 Å². The molecule has 0 amide bonds. The summed E-state index contributed by atoms with van der Waals surface area (Å²) in [5.41, 5.74) is 8.09. The number of benzene rings is 3. The minimum absolute atomic E-state index is 0.451. The SMILES string of the molecule is CCOc1ccc2cc(C=NN=C(N)SCc3ccccc3)ccc2c1. The highest BCUT2D eigenvalue weighted by molar-refractivity contribution is 8.13. The fourth-order valence-electron chi connectivity index (χ4n) is 2.49. The molecule has 0 aromatic heterocycles. The average Bonchev–Trinajstić information content (AvgIpc) is 2.67. The van der Waals surface area contributed by atoms with E-state index in [1.807, 2.05) is 49.4 Å². The molecule has 132 valence electrons. The standard InChI is InChI=1S/C21H21N3OS/c1-2-25-20-11-10-18-12-17(8-9-19(18)13-20)14-23-24-21(22)26-15-16-6-4-3-5-7-16/h3-14H,2,15H2,1H3,(H2,22,24). The van der Waals surface area contributed by atoms with Gasteiger partial charge in [-0.1, -0.05) is 60.3 Å². The maximum Gasteiger partial charge on any atom is 0.180 e. The van der Waals surface area contributed by atoms with Gasteiger partial charge in [0.05, 0.1) is 12.8 Å². The second-order valence-electron chi connectivity index (χ2n) is 5.66. The van der Waals surface area contributed by atoms with Crippen molar-refractivity contribution in [2.45, 2.75) is 12.7 Å². The van der Waals surface area contributed by atoms with Gasteiger partial charge in [0.25, 0.3) is 0 Å². The highest BCUT2D eigenvalue weighted by Gasteiger charge is 1.99. The molecule has 26 heavy (non-hydrogen) atoms. The van der Waals surface area contributed by atoms with Crippen molar-refractivity contribution in [2.75, 3.05) is 6.61 Å². The Morgan fingerprint density at radius 2 is 1.81 bits per heavy atom. The van der Waals surface area contributed by atoms with Crippen LogP contribution in [0.15, 0.2) is 76.9 Å². The second kappa shape index (κ2) is 9.06. The number of ether oxygens (including phenoxy) is 1. The molecular weight excluding hydrogens is 342 g/mol. The van der Waals surface area contributed by atoms with Gasteiger partial charge in [-0.05, 0) is 47.0 Å². The van der Waals surface area contributed by atoms with Gasteiger partial charge in [-0.2, -0.15) is 5.10 Å². The molecule has 5 heteroatoms. The van der Waals surface area contributed by atoms with Crippen molar-refractivity contribution >= 4 is 33.9 Å². The van der Waals surface area contributed by atoms with Crippen LogP contribution in [-0.2, 0) is 5.75 Å². The van der Waals surface area contributed by atoms with Crippen molar-refractivity contribution in [1.82, 2.24) is 0 Å². The van der Waals surface area contributed by atoms with E-state index in [9.17, 15) is 0 Å². The van der Waals surface area contributed by atoms with E-state index < -0.39 is 0 Å². The fourth-order valence-corrected chi connectivity index (χ4v) is 3.10. The van der Waals surface area contributed by atoms with Crippen molar-refractivity contribution in [3.63, 3.8) is 0 Å². The summed E-state index contributed by atoms with van der Waals surface area (Å²) < 4.78 is 5.53. The summed E-state index contributed by atoms with van der Waals surface area (Å²) in [6.07, 6.45) is 1.71. The second-order valence-corrected chi connectivity index (χ2v) is 6.65. The molecule has 0 saturated heterocycles. The van der Waals surface area contributed by atoms with E-state index in [1.54, 1.807) is 6.21 Å². The highest BCUT2D eigenvalue weighted by Crippen LogP contribution is 2.21. The zero-order valence-electron chi connectivity index (χ0n) is 14.6. The van der Waals surface area contributed by atoms with Crippen LogP contribution < -0.4 is 10.5 Å². The third-order valence-electron chi connectivity index (χ3n) is 3.74. The van der Waals surface area contributed by atoms with Crippen LogP contribution in [0.4, 0.5) is 0 Å². The monoisotopic (exact) mass is 363 g/mol. The lowest BCUT2D eigenvalue weighted by molar-refractivity contribution is 0.341. The van der Waals surface area contributed by atoms with Crippen molar-refractivity contribution in [3.05, 3.63) is 77.9 Å². The van der Waals surface area contributed by atoms with E-state index in [0.29, 0.717) is 11.8 Å². The number of rotatable bonds is 6. The van der Waals surface area contributed by atoms with Gasteiger partial charge in [-0.15, -0.1) is 5.10 Å². The minimum Gasteiger partial charge on any atom is -0.494 e. The number of nitrogens with two attached hydrogens (primary N) is 1. The first-order chi connectivity index (χ1) is 12.7. The molecule has 0 radical (unpaired) electrons. The van der Waals surface area contributed by atoms with Crippen LogP contribution >= 0.6 is 11.8 Å². The summed E-state index contributed by atoms with van der Waals surface area (Å²) in [5, 5.41) is 10.9. The molecule has 3 aromatic rings. The predicted octanol–water partition coefficient (Wildman–Crippen LogP) is 4.82. The van der Waals surface area contributed by atoms with E-state index in [0.717, 1.165) is 27.8 Å². The Labute approximate surface area is 157 Å². The summed E-state index contributed by atoms with van der Waals surface area (Å²) in [6.45, 7) is 2.64. The molecule has 0 bridgehead atoms. The van der Waals surface area contributed by atoms with Crippen LogP contribution in [0.5, 0.6) is 5.75 Å². The van der Waals surface area contributed by atoms with E-state index >= 15 is 0 Å². The third kappa shape index (κ3) is 5.10. The molecule has 0 atom stereocenters. The minimum atomic E-state index is 0.451. The zero-order chi connectivity index (χ0) is 18.2. The molecule has 0 heterocycles. The lowest BCUT2D eigenvalue weighted by Gasteiger charge is -2.05. The largest absolute Gasteiger partial charge is 0.494 e. The van der Waals surface area contributed by atoms with Gasteiger partial charge in [0.1, 0.15) is 5.75 Å². The number of hydrogen-bond donors (Lipinski definition) is 1. The molecule has 0 aliphatic carbocycles. The highest BCUT2D eigenvalue weighted by atomic mass is 32.2. The topological polar surface area (TPSA) is 60.0 Å². The number of hydrogen-bond acceptors (Lipinski definition) is 4. The molecular formula is C21H21N3OS. The van der Waals surface area contributed by atoms with Gasteiger partial charge < -0.3 is 10.5 Å². The van der Waals surface area contributed by atoms with Gasteiger partial charge in [-0.25, -0.2) is 0 Å². The molecule has 0 spiro atoms. The van der Waals surface area contributed by atoms with Crippen LogP contribution in [0.3, 0.4) is 0 Å². The van der Waals surface area contributed by atoms with E-state index in [1.165, 1.54) is 17.3 Å². The third-order valence-corrected chi connectivity index (χ3v) is 4.59. The van der Waals surface area contributed by atoms with Crippen LogP contribution in [0.2, 0.25) is 0 Å². The van der Waals surface area contributed by atoms with E-state index in [4.69, 9.17) is 10.5 Å². The Morgan fingerprint density at radius 1 is 1.04 bits per heavy atom. The van der Waals surface area contributed by atoms with Crippen LogP contribution in [0.1, 0.15) is 18.1 Å². The van der Waals surface area contributed by atoms with Gasteiger partial charge in [0.15, 0.2) is 5.17 Å². The first-order valence-corrected chi connectivity index (χ1v) is 9.43. The molecule has 0 aliphatic heterocycles. The lowest BCUT2D eigenvalue weighted by atomic mass is 10.1. The lowest BCUT2D eigenvalue weighted by Crippen LogP contribution is -2.05. The van der Waals surface area contributed by atoms with Crippen molar-refractivity contribution < 1.29 is 4.74 Å². The zero-order valence-corrected chi connectivity index (χ0v) is 15.4. The molecule has 0 saturated carbocycles. The molecule has 0 fully saturated rings. The van der Waals surface area contributed by atoms with Gasteiger partial charge in [-0.3, -0.25) is 0 Å². The molecule has 3 aromatic carbocycles. The Bertz CT molecular complexity index is 923. The summed E-state index contributed by atoms with van der Waals surface area (Å²) in [7, 11) is 0.